The van der Waals surface area contributed by atoms with E-state index in [2.05, 4.69) is 16.0 Å². The lowest BCUT2D eigenvalue weighted by atomic mass is 10.1. The lowest BCUT2D eigenvalue weighted by Crippen LogP contribution is -2.33. The minimum atomic E-state index is -0.253. The molecular formula is C18H21N3O2. The predicted molar refractivity (Wildman–Crippen MR) is 91.8 cm³/mol. The van der Waals surface area contributed by atoms with E-state index < -0.39 is 0 Å². The summed E-state index contributed by atoms with van der Waals surface area (Å²) in [7, 11) is 0. The lowest BCUT2D eigenvalue weighted by molar-refractivity contribution is 0.0277. The largest absolute Gasteiger partial charge is 0.371 e. The van der Waals surface area contributed by atoms with Gasteiger partial charge in [0, 0.05) is 24.5 Å². The first-order chi connectivity index (χ1) is 11.2. The van der Waals surface area contributed by atoms with Crippen molar-refractivity contribution >= 4 is 17.4 Å². The first-order valence-electron chi connectivity index (χ1n) is 7.78. The molecule has 0 saturated carbocycles. The molecule has 1 atom stereocenters. The molecule has 1 aliphatic rings. The van der Waals surface area contributed by atoms with Crippen LogP contribution in [0.4, 0.5) is 16.2 Å². The zero-order chi connectivity index (χ0) is 16.1. The van der Waals surface area contributed by atoms with Gasteiger partial charge in [-0.3, -0.25) is 0 Å². The van der Waals surface area contributed by atoms with Gasteiger partial charge in [-0.25, -0.2) is 4.79 Å². The van der Waals surface area contributed by atoms with Gasteiger partial charge < -0.3 is 20.7 Å². The molecule has 0 bridgehead atoms. The zero-order valence-corrected chi connectivity index (χ0v) is 13.1. The topological polar surface area (TPSA) is 62.4 Å². The summed E-state index contributed by atoms with van der Waals surface area (Å²) in [5.74, 6) is 0. The summed E-state index contributed by atoms with van der Waals surface area (Å²) >= 11 is 0. The highest BCUT2D eigenvalue weighted by Gasteiger charge is 2.15. The highest BCUT2D eigenvalue weighted by Crippen LogP contribution is 2.20. The maximum absolute atomic E-state index is 12.0. The van der Waals surface area contributed by atoms with Crippen molar-refractivity contribution in [1.29, 1.82) is 0 Å². The number of nitrogens with one attached hydrogen (secondary N) is 3. The Labute approximate surface area is 136 Å². The summed E-state index contributed by atoms with van der Waals surface area (Å²) < 4.78 is 5.71. The Morgan fingerprint density at radius 3 is 2.22 bits per heavy atom. The number of carbonyl (C=O) groups excluding carboxylic acids is 1. The molecular weight excluding hydrogens is 290 g/mol. The van der Waals surface area contributed by atoms with Gasteiger partial charge in [0.15, 0.2) is 0 Å². The van der Waals surface area contributed by atoms with Crippen LogP contribution < -0.4 is 16.0 Å². The van der Waals surface area contributed by atoms with Gasteiger partial charge in [-0.1, -0.05) is 29.8 Å². The van der Waals surface area contributed by atoms with Crippen molar-refractivity contribution < 1.29 is 9.53 Å². The quantitative estimate of drug-likeness (QED) is 0.815. The van der Waals surface area contributed by atoms with Crippen LogP contribution >= 0.6 is 0 Å². The molecule has 1 saturated heterocycles. The molecule has 2 aromatic rings. The fourth-order valence-corrected chi connectivity index (χ4v) is 2.49. The number of carbonyl (C=O) groups is 1. The number of hydrogen-bond donors (Lipinski definition) is 3. The number of urea groups is 1. The van der Waals surface area contributed by atoms with E-state index in [1.807, 2.05) is 55.5 Å². The van der Waals surface area contributed by atoms with Gasteiger partial charge in [0.1, 0.15) is 0 Å². The van der Waals surface area contributed by atoms with E-state index in [1.54, 1.807) is 0 Å². The number of amides is 2. The molecule has 0 aliphatic carbocycles. The highest BCUT2D eigenvalue weighted by atomic mass is 16.5. The molecule has 120 valence electrons. The highest BCUT2D eigenvalue weighted by molar-refractivity contribution is 5.99. The molecule has 0 unspecified atom stereocenters. The maximum atomic E-state index is 12.0. The Bertz CT molecular complexity index is 647. The van der Waals surface area contributed by atoms with Crippen molar-refractivity contribution in [2.75, 3.05) is 30.3 Å². The Morgan fingerprint density at radius 2 is 1.65 bits per heavy atom. The van der Waals surface area contributed by atoms with Gasteiger partial charge in [-0.05, 0) is 36.8 Å². The van der Waals surface area contributed by atoms with Crippen molar-refractivity contribution in [3.05, 3.63) is 59.7 Å². The second-order valence-electron chi connectivity index (χ2n) is 5.63. The second kappa shape index (κ2) is 7.26. The SMILES string of the molecule is Cc1ccc(NC(=O)Nc2ccc([C@@H]3CNCCO3)cc2)cc1. The average Bonchev–Trinajstić information content (AvgIpc) is 2.58. The van der Waals surface area contributed by atoms with Crippen LogP contribution in [0.1, 0.15) is 17.2 Å². The molecule has 23 heavy (non-hydrogen) atoms. The number of aryl methyl sites for hydroxylation is 1. The van der Waals surface area contributed by atoms with Crippen LogP contribution in [0.5, 0.6) is 0 Å². The third-order valence-electron chi connectivity index (χ3n) is 3.78. The number of benzene rings is 2. The van der Waals surface area contributed by atoms with E-state index in [0.717, 1.165) is 42.2 Å². The molecule has 1 heterocycles. The van der Waals surface area contributed by atoms with E-state index in [0.29, 0.717) is 0 Å². The van der Waals surface area contributed by atoms with Crippen molar-refractivity contribution in [1.82, 2.24) is 5.32 Å². The number of anilines is 2. The molecule has 2 amide bonds. The van der Waals surface area contributed by atoms with Crippen LogP contribution in [0.3, 0.4) is 0 Å². The van der Waals surface area contributed by atoms with Crippen LogP contribution in [0.15, 0.2) is 48.5 Å². The molecule has 3 rings (SSSR count). The monoisotopic (exact) mass is 311 g/mol. The Morgan fingerprint density at radius 1 is 1.04 bits per heavy atom. The molecule has 5 nitrogen and oxygen atoms in total. The van der Waals surface area contributed by atoms with Crippen LogP contribution in [0, 0.1) is 6.92 Å². The van der Waals surface area contributed by atoms with Gasteiger partial charge >= 0.3 is 6.03 Å². The zero-order valence-electron chi connectivity index (χ0n) is 13.1. The molecule has 5 heteroatoms. The summed E-state index contributed by atoms with van der Waals surface area (Å²) in [5.41, 5.74) is 3.79. The van der Waals surface area contributed by atoms with Crippen molar-refractivity contribution in [2.24, 2.45) is 0 Å². The van der Waals surface area contributed by atoms with Crippen LogP contribution in [0.2, 0.25) is 0 Å². The minimum absolute atomic E-state index is 0.0826. The van der Waals surface area contributed by atoms with Crippen molar-refractivity contribution in [3.63, 3.8) is 0 Å². The van der Waals surface area contributed by atoms with Crippen LogP contribution in [0.25, 0.3) is 0 Å². The van der Waals surface area contributed by atoms with Gasteiger partial charge in [0.05, 0.1) is 12.7 Å². The smallest absolute Gasteiger partial charge is 0.323 e. The summed E-state index contributed by atoms with van der Waals surface area (Å²) in [6.45, 7) is 4.45. The average molecular weight is 311 g/mol. The lowest BCUT2D eigenvalue weighted by Gasteiger charge is -2.24. The van der Waals surface area contributed by atoms with Gasteiger partial charge in [0.2, 0.25) is 0 Å². The van der Waals surface area contributed by atoms with Gasteiger partial charge in [0.25, 0.3) is 0 Å². The Hall–Kier alpha value is -2.37. The van der Waals surface area contributed by atoms with Gasteiger partial charge in [-0.2, -0.15) is 0 Å². The summed E-state index contributed by atoms with van der Waals surface area (Å²) in [4.78, 5) is 12.0. The molecule has 1 aliphatic heterocycles. The Kier molecular flexibility index (Phi) is 4.90. The third kappa shape index (κ3) is 4.31. The number of morpholine rings is 1. The van der Waals surface area contributed by atoms with E-state index in [1.165, 1.54) is 0 Å². The molecule has 2 aromatic carbocycles. The Balaban J connectivity index is 1.57. The summed E-state index contributed by atoms with van der Waals surface area (Å²) in [6.07, 6.45) is 0.0826. The fraction of sp³-hybridized carbons (Fsp3) is 0.278. The minimum Gasteiger partial charge on any atom is -0.371 e. The third-order valence-corrected chi connectivity index (χ3v) is 3.78. The number of rotatable bonds is 3. The van der Waals surface area contributed by atoms with Crippen LogP contribution in [-0.4, -0.2) is 25.7 Å². The van der Waals surface area contributed by atoms with E-state index in [9.17, 15) is 4.79 Å². The fourth-order valence-electron chi connectivity index (χ4n) is 2.49. The van der Waals surface area contributed by atoms with Crippen molar-refractivity contribution in [3.8, 4) is 0 Å². The normalized spacial score (nSPS) is 17.5. The van der Waals surface area contributed by atoms with E-state index in [-0.39, 0.29) is 12.1 Å². The standard InChI is InChI=1S/C18H21N3O2/c1-13-2-6-15(7-3-13)20-18(22)21-16-8-4-14(5-9-16)17-12-19-10-11-23-17/h2-9,17,19H,10-12H2,1H3,(H2,20,21,22)/t17-/m0/s1. The molecule has 1 fully saturated rings. The van der Waals surface area contributed by atoms with Crippen LogP contribution in [-0.2, 0) is 4.74 Å². The molecule has 3 N–H and O–H groups in total. The van der Waals surface area contributed by atoms with Gasteiger partial charge in [-0.15, -0.1) is 0 Å². The first kappa shape index (κ1) is 15.5. The number of hydrogen-bond acceptors (Lipinski definition) is 3. The van der Waals surface area contributed by atoms with Crippen molar-refractivity contribution in [2.45, 2.75) is 13.0 Å². The molecule has 0 spiro atoms. The second-order valence-corrected chi connectivity index (χ2v) is 5.63. The maximum Gasteiger partial charge on any atom is 0.323 e. The summed E-state index contributed by atoms with van der Waals surface area (Å²) in [5, 5.41) is 8.95. The van der Waals surface area contributed by atoms with E-state index >= 15 is 0 Å². The molecule has 0 radical (unpaired) electrons. The number of ether oxygens (including phenoxy) is 1. The predicted octanol–water partition coefficient (Wildman–Crippen LogP) is 3.30. The molecule has 0 aromatic heterocycles. The summed E-state index contributed by atoms with van der Waals surface area (Å²) in [6, 6.07) is 15.2. The van der Waals surface area contributed by atoms with E-state index in [4.69, 9.17) is 4.74 Å². The first-order valence-corrected chi connectivity index (χ1v) is 7.78.